The maximum Gasteiger partial charge on any atom is 0.336 e. The zero-order valence-electron chi connectivity index (χ0n) is 31.0. The van der Waals surface area contributed by atoms with E-state index in [0.717, 1.165) is 12.8 Å². The summed E-state index contributed by atoms with van der Waals surface area (Å²) in [6.45, 7) is 3.89. The molecule has 1 aliphatic carbocycles. The smallest absolute Gasteiger partial charge is 0.336 e. The molecule has 11 heteroatoms. The molecule has 0 saturated heterocycles. The number of hydrogen-bond donors (Lipinski definition) is 5. The third kappa shape index (κ3) is 13.8. The van der Waals surface area contributed by atoms with Crippen LogP contribution in [0.15, 0.2) is 63.8 Å². The highest BCUT2D eigenvalue weighted by molar-refractivity contribution is 7.80. The van der Waals surface area contributed by atoms with Crippen LogP contribution >= 0.6 is 12.2 Å². The van der Waals surface area contributed by atoms with Crippen LogP contribution in [0.5, 0.6) is 5.75 Å². The highest BCUT2D eigenvalue weighted by Gasteiger charge is 2.22. The molecule has 286 valence electrons. The number of phenolic OH excluding ortho intramolecular Hbond substituents is 1. The highest BCUT2D eigenvalue weighted by Crippen LogP contribution is 2.42. The first-order valence-corrected chi connectivity index (χ1v) is 19.6. The van der Waals surface area contributed by atoms with E-state index < -0.39 is 5.97 Å². The summed E-state index contributed by atoms with van der Waals surface area (Å²) in [5.74, 6) is -0.836. The van der Waals surface area contributed by atoms with Gasteiger partial charge in [0, 0.05) is 53.8 Å². The molecular weight excluding hydrogens is 691 g/mol. The van der Waals surface area contributed by atoms with E-state index in [1.54, 1.807) is 24.3 Å². The van der Waals surface area contributed by atoms with E-state index >= 15 is 0 Å². The molecule has 1 heterocycles. The molecule has 0 aromatic heterocycles. The van der Waals surface area contributed by atoms with E-state index in [0.29, 0.717) is 71.2 Å². The fraction of sp³-hybridized carbons (Fsp3) is 0.476. The number of nitrogens with one attached hydrogen (secondary N) is 3. The Balaban J connectivity index is 1.11. The monoisotopic (exact) mass is 745 g/mol. The summed E-state index contributed by atoms with van der Waals surface area (Å²) in [6.07, 6.45) is 18.6. The second-order valence-corrected chi connectivity index (χ2v) is 14.0. The van der Waals surface area contributed by atoms with Crippen molar-refractivity contribution in [1.29, 1.82) is 0 Å². The minimum absolute atomic E-state index is 0.0144. The lowest BCUT2D eigenvalue weighted by Crippen LogP contribution is -2.32. The molecule has 53 heavy (non-hydrogen) atoms. The number of amides is 1. The molecule has 0 radical (unpaired) electrons. The quantitative estimate of drug-likeness (QED) is 0.0267. The Morgan fingerprint density at radius 1 is 0.755 bits per heavy atom. The molecule has 5 N–H and O–H groups in total. The molecule has 2 aliphatic rings. The largest absolute Gasteiger partial charge is 0.508 e. The molecule has 2 aromatic carbocycles. The van der Waals surface area contributed by atoms with Gasteiger partial charge >= 0.3 is 5.97 Å². The fourth-order valence-corrected chi connectivity index (χ4v) is 6.73. The van der Waals surface area contributed by atoms with E-state index in [1.165, 1.54) is 107 Å². The molecule has 0 saturated carbocycles. The van der Waals surface area contributed by atoms with Crippen molar-refractivity contribution >= 4 is 45.9 Å². The van der Waals surface area contributed by atoms with Crippen molar-refractivity contribution in [3.8, 4) is 28.2 Å². The van der Waals surface area contributed by atoms with E-state index in [9.17, 15) is 24.6 Å². The van der Waals surface area contributed by atoms with Crippen LogP contribution in [0.2, 0.25) is 0 Å². The van der Waals surface area contributed by atoms with Gasteiger partial charge in [-0.1, -0.05) is 96.5 Å². The lowest BCUT2D eigenvalue weighted by atomic mass is 9.90. The second-order valence-electron chi connectivity index (χ2n) is 13.6. The van der Waals surface area contributed by atoms with E-state index in [1.807, 2.05) is 0 Å². The number of carbonyl (C=O) groups is 2. The lowest BCUT2D eigenvalue weighted by Gasteiger charge is -2.18. The van der Waals surface area contributed by atoms with Gasteiger partial charge in [-0.05, 0) is 60.6 Å². The summed E-state index contributed by atoms with van der Waals surface area (Å²) >= 11 is 5.42. The maximum absolute atomic E-state index is 12.5. The summed E-state index contributed by atoms with van der Waals surface area (Å²) in [5.41, 5.74) is 2.08. The van der Waals surface area contributed by atoms with Crippen molar-refractivity contribution in [3.05, 3.63) is 70.4 Å². The predicted molar refractivity (Wildman–Crippen MR) is 216 cm³/mol. The van der Waals surface area contributed by atoms with E-state index in [4.69, 9.17) is 21.4 Å². The van der Waals surface area contributed by atoms with Crippen LogP contribution in [-0.2, 0) is 9.53 Å². The summed E-state index contributed by atoms with van der Waals surface area (Å²) in [5, 5.41) is 30.1. The third-order valence-corrected chi connectivity index (χ3v) is 9.56. The number of unbranched alkanes of at least 4 members (excludes halogenated alkanes) is 13. The Kier molecular flexibility index (Phi) is 17.6. The fourth-order valence-electron chi connectivity index (χ4n) is 6.51. The molecule has 0 spiro atoms. The molecule has 0 unspecified atom stereocenters. The van der Waals surface area contributed by atoms with Gasteiger partial charge < -0.3 is 35.3 Å². The molecule has 2 aromatic rings. The SMILES string of the molecule is CCCCCCCCCCCCCCCCC(=O)NCCOCCNC(=S)Nc1ccc(-c2c3ccc(=O)cc-3oc3cc(O)ccc23)c(C(=O)O)c1. The van der Waals surface area contributed by atoms with Gasteiger partial charge in [0.15, 0.2) is 10.5 Å². The van der Waals surface area contributed by atoms with Crippen molar-refractivity contribution in [2.45, 2.75) is 103 Å². The van der Waals surface area contributed by atoms with Gasteiger partial charge in [0.2, 0.25) is 5.91 Å². The average molecular weight is 746 g/mol. The van der Waals surface area contributed by atoms with Crippen LogP contribution < -0.4 is 21.4 Å². The molecule has 0 fully saturated rings. The van der Waals surface area contributed by atoms with Gasteiger partial charge in [-0.3, -0.25) is 9.59 Å². The summed E-state index contributed by atoms with van der Waals surface area (Å²) < 4.78 is 11.5. The predicted octanol–water partition coefficient (Wildman–Crippen LogP) is 9.26. The molecule has 1 amide bonds. The number of carboxylic acid groups (broad SMARTS) is 1. The standard InChI is InChI=1S/C42H55N3O7S/c1-2-3-4-5-6-7-8-9-10-11-12-13-14-15-16-39(48)43-23-25-51-26-24-44-42(53)45-30-17-20-33(36(27-30)41(49)50)40-34-21-18-31(46)28-37(34)52-38-29-32(47)19-22-35(38)40/h17-22,27-29,46H,2-16,23-26H2,1H3,(H,43,48)(H,49,50)(H2,44,45,53). The van der Waals surface area contributed by atoms with Crippen molar-refractivity contribution < 1.29 is 29.0 Å². The zero-order valence-corrected chi connectivity index (χ0v) is 31.8. The lowest BCUT2D eigenvalue weighted by molar-refractivity contribution is -0.121. The number of ether oxygens (including phenoxy) is 1. The number of anilines is 1. The average Bonchev–Trinajstić information content (AvgIpc) is 3.13. The van der Waals surface area contributed by atoms with Gasteiger partial charge in [0.05, 0.1) is 18.8 Å². The van der Waals surface area contributed by atoms with Crippen molar-refractivity contribution in [2.75, 3.05) is 31.6 Å². The van der Waals surface area contributed by atoms with Crippen LogP contribution in [-0.4, -0.2) is 53.5 Å². The maximum atomic E-state index is 12.5. The van der Waals surface area contributed by atoms with Gasteiger partial charge in [0.1, 0.15) is 17.1 Å². The van der Waals surface area contributed by atoms with Crippen molar-refractivity contribution in [3.63, 3.8) is 0 Å². The van der Waals surface area contributed by atoms with Crippen LogP contribution in [0, 0.1) is 0 Å². The normalized spacial score (nSPS) is 11.2. The zero-order chi connectivity index (χ0) is 37.8. The molecule has 1 aliphatic heterocycles. The number of carbonyl (C=O) groups excluding carboxylic acids is 1. The molecule has 0 atom stereocenters. The minimum atomic E-state index is -1.15. The van der Waals surface area contributed by atoms with Gasteiger partial charge in [-0.25, -0.2) is 4.79 Å². The first kappa shape index (κ1) is 41.3. The number of aromatic hydroxyl groups is 1. The number of phenols is 1. The Bertz CT molecular complexity index is 1810. The first-order valence-electron chi connectivity index (χ1n) is 19.2. The first-order chi connectivity index (χ1) is 25.8. The van der Waals surface area contributed by atoms with Crippen LogP contribution in [0.3, 0.4) is 0 Å². The van der Waals surface area contributed by atoms with Crippen LogP contribution in [0.4, 0.5) is 5.69 Å². The number of rotatable bonds is 24. The molecular formula is C42H55N3O7S. The summed E-state index contributed by atoms with van der Waals surface area (Å²) in [7, 11) is 0. The van der Waals surface area contributed by atoms with Gasteiger partial charge in [0.25, 0.3) is 0 Å². The minimum Gasteiger partial charge on any atom is -0.508 e. The molecule has 4 rings (SSSR count). The summed E-state index contributed by atoms with van der Waals surface area (Å²) in [6, 6.07) is 13.8. The van der Waals surface area contributed by atoms with Crippen molar-refractivity contribution in [2.24, 2.45) is 0 Å². The Hall–Kier alpha value is -4.48. The van der Waals surface area contributed by atoms with Crippen LogP contribution in [0.25, 0.3) is 33.4 Å². The van der Waals surface area contributed by atoms with E-state index in [2.05, 4.69) is 22.9 Å². The summed E-state index contributed by atoms with van der Waals surface area (Å²) in [4.78, 5) is 36.7. The van der Waals surface area contributed by atoms with Crippen molar-refractivity contribution in [1.82, 2.24) is 10.6 Å². The number of hydrogen-bond acceptors (Lipinski definition) is 7. The Morgan fingerprint density at radius 3 is 2.04 bits per heavy atom. The number of thiocarbonyl (C=S) groups is 1. The Labute approximate surface area is 318 Å². The van der Waals surface area contributed by atoms with Gasteiger partial charge in [-0.15, -0.1) is 0 Å². The van der Waals surface area contributed by atoms with Gasteiger partial charge in [-0.2, -0.15) is 0 Å². The van der Waals surface area contributed by atoms with E-state index in [-0.39, 0.29) is 28.4 Å². The van der Waals surface area contributed by atoms with Crippen LogP contribution in [0.1, 0.15) is 114 Å². The number of aromatic carboxylic acids is 1. The third-order valence-electron chi connectivity index (χ3n) is 9.31. The topological polar surface area (TPSA) is 150 Å². The molecule has 10 nitrogen and oxygen atoms in total. The second kappa shape index (κ2) is 22.6. The number of carboxylic acids is 1. The number of benzene rings is 3. The number of fused-ring (bicyclic) bond motifs is 2. The Morgan fingerprint density at radius 2 is 1.38 bits per heavy atom. The molecule has 0 bridgehead atoms. The highest BCUT2D eigenvalue weighted by atomic mass is 32.1.